The van der Waals surface area contributed by atoms with Crippen LogP contribution in [0.4, 0.5) is 0 Å². The summed E-state index contributed by atoms with van der Waals surface area (Å²) in [5.74, 6) is 0. The van der Waals surface area contributed by atoms with Crippen molar-refractivity contribution < 1.29 is 0 Å². The second-order valence-corrected chi connectivity index (χ2v) is 5.78. The predicted molar refractivity (Wildman–Crippen MR) is 93.0 cm³/mol. The SMILES string of the molecule is NC(c1ccc(-c2ccccc2)cc1)N1NC1c1ccccc1. The minimum atomic E-state index is -0.148. The number of hydrazine groups is 1. The molecule has 3 unspecified atom stereocenters. The summed E-state index contributed by atoms with van der Waals surface area (Å²) >= 11 is 0. The van der Waals surface area contributed by atoms with Crippen LogP contribution in [0.25, 0.3) is 11.1 Å². The third-order valence-corrected chi connectivity index (χ3v) is 4.26. The Labute approximate surface area is 136 Å². The van der Waals surface area contributed by atoms with Crippen LogP contribution in [0.15, 0.2) is 84.9 Å². The van der Waals surface area contributed by atoms with Crippen LogP contribution in [0, 0.1) is 0 Å². The zero-order valence-electron chi connectivity index (χ0n) is 12.8. The maximum atomic E-state index is 6.38. The zero-order valence-corrected chi connectivity index (χ0v) is 12.8. The smallest absolute Gasteiger partial charge is 0.114 e. The molecule has 114 valence electrons. The van der Waals surface area contributed by atoms with Gasteiger partial charge in [0.05, 0.1) is 6.17 Å². The summed E-state index contributed by atoms with van der Waals surface area (Å²) in [6, 6.07) is 29.2. The van der Waals surface area contributed by atoms with Gasteiger partial charge >= 0.3 is 0 Å². The van der Waals surface area contributed by atoms with Gasteiger partial charge in [-0.15, -0.1) is 0 Å². The van der Waals surface area contributed by atoms with Crippen LogP contribution in [0.3, 0.4) is 0 Å². The number of rotatable bonds is 4. The van der Waals surface area contributed by atoms with E-state index >= 15 is 0 Å². The quantitative estimate of drug-likeness (QED) is 0.720. The normalized spacial score (nSPS) is 20.9. The molecule has 3 N–H and O–H groups in total. The van der Waals surface area contributed by atoms with Crippen molar-refractivity contribution >= 4 is 0 Å². The highest BCUT2D eigenvalue weighted by atomic mass is 15.8. The molecule has 0 spiro atoms. The molecule has 3 heteroatoms. The average Bonchev–Trinajstić information content (AvgIpc) is 3.44. The molecular formula is C20H19N3. The molecule has 0 radical (unpaired) electrons. The minimum Gasteiger partial charge on any atom is -0.311 e. The van der Waals surface area contributed by atoms with Gasteiger partial charge < -0.3 is 5.73 Å². The maximum absolute atomic E-state index is 6.38. The average molecular weight is 301 g/mol. The molecule has 4 rings (SSSR count). The molecular weight excluding hydrogens is 282 g/mol. The van der Waals surface area contributed by atoms with Gasteiger partial charge in [-0.05, 0) is 22.3 Å². The van der Waals surface area contributed by atoms with Crippen LogP contribution in [0.2, 0.25) is 0 Å². The number of hydrogen-bond donors (Lipinski definition) is 2. The lowest BCUT2D eigenvalue weighted by Crippen LogP contribution is -2.21. The van der Waals surface area contributed by atoms with E-state index in [2.05, 4.69) is 71.1 Å². The van der Waals surface area contributed by atoms with Crippen molar-refractivity contribution in [2.75, 3.05) is 0 Å². The Hall–Kier alpha value is -2.46. The summed E-state index contributed by atoms with van der Waals surface area (Å²) in [5, 5.41) is 2.08. The first-order chi connectivity index (χ1) is 11.3. The second kappa shape index (κ2) is 5.97. The molecule has 3 aromatic carbocycles. The van der Waals surface area contributed by atoms with Gasteiger partial charge in [-0.3, -0.25) is 0 Å². The van der Waals surface area contributed by atoms with Crippen molar-refractivity contribution in [3.63, 3.8) is 0 Å². The van der Waals surface area contributed by atoms with Crippen LogP contribution in [-0.2, 0) is 0 Å². The van der Waals surface area contributed by atoms with Gasteiger partial charge in [0.15, 0.2) is 0 Å². The van der Waals surface area contributed by atoms with Crippen molar-refractivity contribution in [1.82, 2.24) is 10.4 Å². The predicted octanol–water partition coefficient (Wildman–Crippen LogP) is 3.83. The van der Waals surface area contributed by atoms with E-state index in [4.69, 9.17) is 5.73 Å². The number of benzene rings is 3. The lowest BCUT2D eigenvalue weighted by molar-refractivity contribution is 0.368. The highest BCUT2D eigenvalue weighted by Crippen LogP contribution is 2.35. The Kier molecular flexibility index (Phi) is 3.67. The third-order valence-electron chi connectivity index (χ3n) is 4.26. The van der Waals surface area contributed by atoms with E-state index in [1.54, 1.807) is 0 Å². The number of hydrogen-bond acceptors (Lipinski definition) is 3. The first-order valence-corrected chi connectivity index (χ1v) is 7.83. The molecule has 23 heavy (non-hydrogen) atoms. The molecule has 1 heterocycles. The van der Waals surface area contributed by atoms with E-state index in [0.29, 0.717) is 0 Å². The van der Waals surface area contributed by atoms with Crippen molar-refractivity contribution in [3.05, 3.63) is 96.1 Å². The Morgan fingerprint density at radius 3 is 1.96 bits per heavy atom. The maximum Gasteiger partial charge on any atom is 0.114 e. The summed E-state index contributed by atoms with van der Waals surface area (Å²) in [6.45, 7) is 0. The Morgan fingerprint density at radius 1 is 0.739 bits per heavy atom. The fourth-order valence-corrected chi connectivity index (χ4v) is 2.88. The van der Waals surface area contributed by atoms with E-state index < -0.39 is 0 Å². The standard InChI is InChI=1S/C20H19N3/c21-19(23-20(22-23)18-9-5-2-6-10-18)17-13-11-16(12-14-17)15-7-3-1-4-8-15/h1-14,19-20,22H,21H2. The molecule has 3 nitrogen and oxygen atoms in total. The molecule has 1 fully saturated rings. The molecule has 1 aliphatic rings. The van der Waals surface area contributed by atoms with E-state index in [1.807, 2.05) is 24.3 Å². The van der Waals surface area contributed by atoms with Crippen LogP contribution < -0.4 is 11.2 Å². The summed E-state index contributed by atoms with van der Waals surface area (Å²) in [5.41, 5.74) is 14.5. The van der Waals surface area contributed by atoms with Crippen molar-refractivity contribution in [1.29, 1.82) is 0 Å². The molecule has 1 aliphatic heterocycles. The summed E-state index contributed by atoms with van der Waals surface area (Å²) in [7, 11) is 0. The van der Waals surface area contributed by atoms with Crippen molar-refractivity contribution in [3.8, 4) is 11.1 Å². The molecule has 0 bridgehead atoms. The zero-order chi connectivity index (χ0) is 15.6. The van der Waals surface area contributed by atoms with Crippen LogP contribution in [0.1, 0.15) is 23.5 Å². The Balaban J connectivity index is 1.49. The molecule has 1 saturated heterocycles. The topological polar surface area (TPSA) is 51.0 Å². The van der Waals surface area contributed by atoms with Gasteiger partial charge in [0.1, 0.15) is 6.17 Å². The molecule has 0 saturated carbocycles. The van der Waals surface area contributed by atoms with Crippen molar-refractivity contribution in [2.45, 2.75) is 12.3 Å². The van der Waals surface area contributed by atoms with Gasteiger partial charge in [-0.1, -0.05) is 84.9 Å². The van der Waals surface area contributed by atoms with E-state index in [9.17, 15) is 0 Å². The Morgan fingerprint density at radius 2 is 1.30 bits per heavy atom. The van der Waals surface area contributed by atoms with Crippen LogP contribution >= 0.6 is 0 Å². The second-order valence-electron chi connectivity index (χ2n) is 5.78. The first-order valence-electron chi connectivity index (χ1n) is 7.83. The molecule has 0 aromatic heterocycles. The summed E-state index contributed by atoms with van der Waals surface area (Å²) in [6.07, 6.45) is 0.0602. The minimum absolute atomic E-state index is 0.148. The lowest BCUT2D eigenvalue weighted by Gasteiger charge is -2.13. The monoisotopic (exact) mass is 301 g/mol. The third kappa shape index (κ3) is 2.90. The fraction of sp³-hybridized carbons (Fsp3) is 0.100. The van der Waals surface area contributed by atoms with Crippen LogP contribution in [0.5, 0.6) is 0 Å². The highest BCUT2D eigenvalue weighted by molar-refractivity contribution is 5.63. The van der Waals surface area contributed by atoms with E-state index in [1.165, 1.54) is 16.7 Å². The van der Waals surface area contributed by atoms with Gasteiger partial charge in [0.2, 0.25) is 0 Å². The molecule has 3 aromatic rings. The van der Waals surface area contributed by atoms with E-state index in [0.717, 1.165) is 5.56 Å². The number of nitrogens with one attached hydrogen (secondary N) is 1. The number of nitrogens with zero attached hydrogens (tertiary/aromatic N) is 1. The molecule has 3 atom stereocenters. The van der Waals surface area contributed by atoms with E-state index in [-0.39, 0.29) is 12.3 Å². The van der Waals surface area contributed by atoms with Crippen molar-refractivity contribution in [2.24, 2.45) is 5.73 Å². The highest BCUT2D eigenvalue weighted by Gasteiger charge is 2.39. The van der Waals surface area contributed by atoms with Gasteiger partial charge in [0, 0.05) is 0 Å². The fourth-order valence-electron chi connectivity index (χ4n) is 2.88. The van der Waals surface area contributed by atoms with Gasteiger partial charge in [0.25, 0.3) is 0 Å². The summed E-state index contributed by atoms with van der Waals surface area (Å²) < 4.78 is 0. The summed E-state index contributed by atoms with van der Waals surface area (Å²) in [4.78, 5) is 0. The largest absolute Gasteiger partial charge is 0.311 e. The number of nitrogens with two attached hydrogens (primary N) is 1. The Bertz CT molecular complexity index is 769. The van der Waals surface area contributed by atoms with Crippen LogP contribution in [-0.4, -0.2) is 5.01 Å². The molecule has 0 amide bonds. The molecule has 0 aliphatic carbocycles. The van der Waals surface area contributed by atoms with Gasteiger partial charge in [-0.25, -0.2) is 5.43 Å². The first kappa shape index (κ1) is 14.2. The van der Waals surface area contributed by atoms with Gasteiger partial charge in [-0.2, -0.15) is 5.01 Å². The lowest BCUT2D eigenvalue weighted by atomic mass is 10.0.